The molecule has 0 aliphatic heterocycles. The number of benzene rings is 1. The molecule has 0 amide bonds. The Hall–Kier alpha value is -2.54. The van der Waals surface area contributed by atoms with Crippen molar-refractivity contribution in [3.8, 4) is 28.7 Å². The van der Waals surface area contributed by atoms with Crippen molar-refractivity contribution in [3.63, 3.8) is 0 Å². The number of phenolic OH excluding ortho intramolecular Hbond substituents is 1. The molecule has 1 N–H and O–H groups in total. The van der Waals surface area contributed by atoms with Crippen LogP contribution in [0.4, 0.5) is 0 Å². The molecule has 3 aromatic rings. The Morgan fingerprint density at radius 3 is 2.86 bits per heavy atom. The minimum atomic E-state index is -0.102. The minimum absolute atomic E-state index is 0.102. The molecule has 2 aromatic heterocycles. The van der Waals surface area contributed by atoms with Crippen LogP contribution in [0.2, 0.25) is 0 Å². The topological polar surface area (TPSA) is 89.1 Å². The number of aromatic hydroxyl groups is 1. The number of hydrogen-bond acceptors (Lipinski definition) is 6. The summed E-state index contributed by atoms with van der Waals surface area (Å²) < 4.78 is 5.88. The van der Waals surface area contributed by atoms with Gasteiger partial charge in [-0.3, -0.25) is 9.78 Å². The van der Waals surface area contributed by atoms with Gasteiger partial charge in [-0.2, -0.15) is 4.98 Å². The van der Waals surface area contributed by atoms with Crippen molar-refractivity contribution in [1.29, 1.82) is 0 Å². The van der Waals surface area contributed by atoms with Gasteiger partial charge in [-0.05, 0) is 40.2 Å². The third kappa shape index (κ3) is 2.55. The summed E-state index contributed by atoms with van der Waals surface area (Å²) in [5, 5.41) is 13.7. The lowest BCUT2D eigenvalue weighted by molar-refractivity contribution is 0.112. The molecule has 6 nitrogen and oxygen atoms in total. The molecule has 0 saturated carbocycles. The predicted molar refractivity (Wildman–Crippen MR) is 77.7 cm³/mol. The maximum atomic E-state index is 10.7. The third-order valence-corrected chi connectivity index (χ3v) is 3.42. The van der Waals surface area contributed by atoms with E-state index in [1.54, 1.807) is 24.4 Å². The number of carbonyl (C=O) groups is 1. The van der Waals surface area contributed by atoms with Crippen LogP contribution in [0.1, 0.15) is 10.4 Å². The van der Waals surface area contributed by atoms with Crippen molar-refractivity contribution >= 4 is 22.2 Å². The summed E-state index contributed by atoms with van der Waals surface area (Å²) >= 11 is 3.36. The largest absolute Gasteiger partial charge is 0.507 e. The van der Waals surface area contributed by atoms with Crippen LogP contribution in [-0.2, 0) is 0 Å². The Balaban J connectivity index is 2.03. The summed E-state index contributed by atoms with van der Waals surface area (Å²) in [7, 11) is 0. The standard InChI is InChI=1S/C14H8BrN3O3/c15-10-2-1-5-16-12(10)13-17-14(21-18-13)9-4-3-8(7-19)6-11(9)20/h1-7,20H. The number of rotatable bonds is 3. The van der Waals surface area contributed by atoms with Gasteiger partial charge in [0.05, 0.1) is 5.56 Å². The molecule has 1 aromatic carbocycles. The van der Waals surface area contributed by atoms with E-state index >= 15 is 0 Å². The van der Waals surface area contributed by atoms with Crippen LogP contribution >= 0.6 is 15.9 Å². The van der Waals surface area contributed by atoms with Gasteiger partial charge in [-0.25, -0.2) is 0 Å². The van der Waals surface area contributed by atoms with E-state index in [9.17, 15) is 9.90 Å². The van der Waals surface area contributed by atoms with Crippen LogP contribution in [0.25, 0.3) is 23.0 Å². The van der Waals surface area contributed by atoms with Gasteiger partial charge in [0.1, 0.15) is 17.7 Å². The number of carbonyl (C=O) groups excluding carboxylic acids is 1. The van der Waals surface area contributed by atoms with Crippen LogP contribution in [-0.4, -0.2) is 26.5 Å². The average molecular weight is 346 g/mol. The molecule has 0 unspecified atom stereocenters. The van der Waals surface area contributed by atoms with E-state index < -0.39 is 0 Å². The van der Waals surface area contributed by atoms with Gasteiger partial charge in [0.2, 0.25) is 5.82 Å². The zero-order valence-corrected chi connectivity index (χ0v) is 12.1. The number of hydrogen-bond donors (Lipinski definition) is 1. The monoisotopic (exact) mass is 345 g/mol. The van der Waals surface area contributed by atoms with Crippen LogP contribution in [0.15, 0.2) is 45.5 Å². The maximum absolute atomic E-state index is 10.7. The number of halogens is 1. The molecule has 21 heavy (non-hydrogen) atoms. The molecule has 104 valence electrons. The fourth-order valence-corrected chi connectivity index (χ4v) is 2.21. The molecular weight excluding hydrogens is 338 g/mol. The third-order valence-electron chi connectivity index (χ3n) is 2.78. The smallest absolute Gasteiger partial charge is 0.262 e. The lowest BCUT2D eigenvalue weighted by Crippen LogP contribution is -1.87. The van der Waals surface area contributed by atoms with Crippen molar-refractivity contribution in [2.75, 3.05) is 0 Å². The van der Waals surface area contributed by atoms with Crippen LogP contribution in [0, 0.1) is 0 Å². The summed E-state index contributed by atoms with van der Waals surface area (Å²) in [5.74, 6) is 0.351. The lowest BCUT2D eigenvalue weighted by Gasteiger charge is -1.99. The average Bonchev–Trinajstić information content (AvgIpc) is 2.97. The molecule has 2 heterocycles. The number of aromatic nitrogens is 3. The van der Waals surface area contributed by atoms with Crippen LogP contribution < -0.4 is 0 Å². The highest BCUT2D eigenvalue weighted by molar-refractivity contribution is 9.10. The highest BCUT2D eigenvalue weighted by Crippen LogP contribution is 2.31. The van der Waals surface area contributed by atoms with Gasteiger partial charge in [0, 0.05) is 16.2 Å². The predicted octanol–water partition coefficient (Wildman–Crippen LogP) is 3.08. The molecule has 0 saturated heterocycles. The van der Waals surface area contributed by atoms with Crippen molar-refractivity contribution in [1.82, 2.24) is 15.1 Å². The molecule has 0 fully saturated rings. The molecule has 0 atom stereocenters. The highest BCUT2D eigenvalue weighted by atomic mass is 79.9. The van der Waals surface area contributed by atoms with E-state index in [0.29, 0.717) is 28.9 Å². The number of aldehydes is 1. The summed E-state index contributed by atoms with van der Waals surface area (Å²) in [6, 6.07) is 8.03. The van der Waals surface area contributed by atoms with Gasteiger partial charge < -0.3 is 9.63 Å². The summed E-state index contributed by atoms with van der Waals surface area (Å²) in [5.41, 5.74) is 1.26. The maximum Gasteiger partial charge on any atom is 0.262 e. The molecule has 0 aliphatic carbocycles. The molecular formula is C14H8BrN3O3. The zero-order valence-electron chi connectivity index (χ0n) is 10.5. The second-order valence-corrected chi connectivity index (χ2v) is 5.01. The fraction of sp³-hybridized carbons (Fsp3) is 0. The molecule has 7 heteroatoms. The van der Waals surface area contributed by atoms with E-state index in [1.807, 2.05) is 6.07 Å². The summed E-state index contributed by atoms with van der Waals surface area (Å²) in [6.45, 7) is 0. The SMILES string of the molecule is O=Cc1ccc(-c2nc(-c3ncccc3Br)no2)c(O)c1. The van der Waals surface area contributed by atoms with Gasteiger partial charge in [-0.1, -0.05) is 11.2 Å². The van der Waals surface area contributed by atoms with Gasteiger partial charge in [0.15, 0.2) is 0 Å². The number of phenols is 1. The molecule has 0 aliphatic rings. The van der Waals surface area contributed by atoms with Gasteiger partial charge in [0.25, 0.3) is 5.89 Å². The zero-order chi connectivity index (χ0) is 14.8. The first-order valence-electron chi connectivity index (χ1n) is 5.92. The summed E-state index contributed by atoms with van der Waals surface area (Å²) in [6.07, 6.45) is 2.26. The second kappa shape index (κ2) is 5.45. The normalized spacial score (nSPS) is 10.5. The van der Waals surface area contributed by atoms with Crippen molar-refractivity contribution in [3.05, 3.63) is 46.6 Å². The quantitative estimate of drug-likeness (QED) is 0.733. The Bertz CT molecular complexity index is 817. The highest BCUT2D eigenvalue weighted by Gasteiger charge is 2.16. The van der Waals surface area contributed by atoms with Crippen molar-refractivity contribution < 1.29 is 14.4 Å². The Morgan fingerprint density at radius 2 is 2.14 bits per heavy atom. The van der Waals surface area contributed by atoms with Crippen LogP contribution in [0.5, 0.6) is 5.75 Å². The minimum Gasteiger partial charge on any atom is -0.507 e. The number of nitrogens with zero attached hydrogens (tertiary/aromatic N) is 3. The molecule has 0 bridgehead atoms. The Kier molecular flexibility index (Phi) is 3.49. The van der Waals surface area contributed by atoms with Crippen molar-refractivity contribution in [2.45, 2.75) is 0 Å². The van der Waals surface area contributed by atoms with Crippen molar-refractivity contribution in [2.24, 2.45) is 0 Å². The van der Waals surface area contributed by atoms with E-state index in [1.165, 1.54) is 6.07 Å². The molecule has 0 spiro atoms. The Labute approximate surface area is 127 Å². The summed E-state index contributed by atoms with van der Waals surface area (Å²) in [4.78, 5) is 19.0. The first kappa shape index (κ1) is 13.4. The second-order valence-electron chi connectivity index (χ2n) is 4.15. The fourth-order valence-electron chi connectivity index (χ4n) is 1.78. The molecule has 3 rings (SSSR count). The van der Waals surface area contributed by atoms with Gasteiger partial charge >= 0.3 is 0 Å². The van der Waals surface area contributed by atoms with Crippen LogP contribution in [0.3, 0.4) is 0 Å². The van der Waals surface area contributed by atoms with E-state index in [2.05, 4.69) is 31.1 Å². The lowest BCUT2D eigenvalue weighted by atomic mass is 10.1. The van der Waals surface area contributed by atoms with Gasteiger partial charge in [-0.15, -0.1) is 0 Å². The first-order chi connectivity index (χ1) is 10.2. The van der Waals surface area contributed by atoms with E-state index in [0.717, 1.165) is 4.47 Å². The Morgan fingerprint density at radius 1 is 1.29 bits per heavy atom. The number of pyridine rings is 1. The van der Waals surface area contributed by atoms with E-state index in [4.69, 9.17) is 4.52 Å². The molecule has 0 radical (unpaired) electrons. The van der Waals surface area contributed by atoms with E-state index in [-0.39, 0.29) is 11.6 Å². The first-order valence-corrected chi connectivity index (χ1v) is 6.71.